The van der Waals surface area contributed by atoms with Crippen molar-refractivity contribution in [2.45, 2.75) is 77.0 Å². The van der Waals surface area contributed by atoms with Gasteiger partial charge in [0.1, 0.15) is 0 Å². The summed E-state index contributed by atoms with van der Waals surface area (Å²) in [7, 11) is 0. The number of nitrogens with zero attached hydrogens (tertiary/aromatic N) is 5. The summed E-state index contributed by atoms with van der Waals surface area (Å²) in [6.45, 7) is 13.3. The van der Waals surface area contributed by atoms with E-state index in [1.807, 2.05) is 0 Å². The van der Waals surface area contributed by atoms with Crippen molar-refractivity contribution in [1.29, 1.82) is 0 Å². The summed E-state index contributed by atoms with van der Waals surface area (Å²) < 4.78 is 2.50. The lowest BCUT2D eigenvalue weighted by Crippen LogP contribution is -2.42. The molecule has 2 aliphatic rings. The van der Waals surface area contributed by atoms with Gasteiger partial charge in [-0.3, -0.25) is 0 Å². The second kappa shape index (κ2) is 9.59. The summed E-state index contributed by atoms with van der Waals surface area (Å²) in [6.07, 6.45) is 1.95. The number of rotatable bonds is 7. The first-order chi connectivity index (χ1) is 13.9. The molecule has 3 rings (SSSR count). The Labute approximate surface area is 186 Å². The highest BCUT2D eigenvalue weighted by Crippen LogP contribution is 2.36. The third-order valence-electron chi connectivity index (χ3n) is 5.78. The molecule has 0 aromatic heterocycles. The number of hydrogen-bond donors (Lipinski definition) is 1. The third-order valence-corrected chi connectivity index (χ3v) is 9.58. The van der Waals surface area contributed by atoms with Crippen LogP contribution in [0.25, 0.3) is 0 Å². The minimum Gasteiger partial charge on any atom is -0.426 e. The van der Waals surface area contributed by atoms with Gasteiger partial charge < -0.3 is 3.88 Å². The maximum Gasteiger partial charge on any atom is 0.419 e. The second-order valence-electron chi connectivity index (χ2n) is 8.29. The van der Waals surface area contributed by atoms with Gasteiger partial charge >= 0.3 is 14.4 Å². The molecule has 2 aliphatic heterocycles. The molecule has 0 saturated heterocycles. The fourth-order valence-electron chi connectivity index (χ4n) is 4.35. The zero-order chi connectivity index (χ0) is 21.1. The molecule has 7 heteroatoms. The summed E-state index contributed by atoms with van der Waals surface area (Å²) in [6, 6.07) is 11.3. The Bertz CT molecular complexity index is 769. The molecule has 29 heavy (non-hydrogen) atoms. The molecule has 0 saturated carbocycles. The van der Waals surface area contributed by atoms with Crippen LogP contribution in [-0.2, 0) is 0 Å². The van der Waals surface area contributed by atoms with Crippen LogP contribution in [0.1, 0.15) is 54.4 Å². The van der Waals surface area contributed by atoms with Crippen LogP contribution in [-0.4, -0.2) is 47.9 Å². The van der Waals surface area contributed by atoms with Crippen molar-refractivity contribution >= 4 is 44.1 Å². The van der Waals surface area contributed by atoms with Crippen molar-refractivity contribution in [3.05, 3.63) is 41.2 Å². The molecule has 0 amide bonds. The third kappa shape index (κ3) is 4.68. The Balaban J connectivity index is 2.18. The minimum absolute atomic E-state index is 0.302. The summed E-state index contributed by atoms with van der Waals surface area (Å²) in [5.41, 5.74) is 3.54. The molecule has 0 N–H and O–H groups in total. The summed E-state index contributed by atoms with van der Waals surface area (Å²) >= 11 is 3.93. The largest absolute Gasteiger partial charge is 0.426 e. The highest BCUT2D eigenvalue weighted by atomic mass is 32.1. The van der Waals surface area contributed by atoms with Crippen LogP contribution in [0.4, 0.5) is 5.69 Å². The van der Waals surface area contributed by atoms with E-state index < -0.39 is 14.4 Å². The van der Waals surface area contributed by atoms with Gasteiger partial charge in [-0.15, -0.1) is 12.6 Å². The fourth-order valence-corrected chi connectivity index (χ4v) is 7.53. The predicted octanol–water partition coefficient (Wildman–Crippen LogP) is 5.52. The number of thiol groups is 1. The van der Waals surface area contributed by atoms with E-state index in [9.17, 15) is 0 Å². The molecule has 0 spiro atoms. The van der Waals surface area contributed by atoms with E-state index in [4.69, 9.17) is 22.8 Å². The van der Waals surface area contributed by atoms with E-state index >= 15 is 0 Å². The Morgan fingerprint density at radius 3 is 1.86 bits per heavy atom. The van der Waals surface area contributed by atoms with Gasteiger partial charge in [-0.2, -0.15) is 10.2 Å². The topological polar surface area (TPSA) is 34.4 Å². The highest BCUT2D eigenvalue weighted by molar-refractivity contribution is 7.84. The van der Waals surface area contributed by atoms with E-state index in [1.54, 1.807) is 0 Å². The first-order valence-corrected chi connectivity index (χ1v) is 13.4. The number of anilines is 1. The number of hydrazone groups is 2. The molecule has 1 unspecified atom stereocenters. The Morgan fingerprint density at radius 2 is 1.48 bits per heavy atom. The van der Waals surface area contributed by atoms with Gasteiger partial charge in [0.05, 0.1) is 17.1 Å². The number of hydrogen-bond acceptors (Lipinski definition) is 6. The summed E-state index contributed by atoms with van der Waals surface area (Å²) in [5, 5.41) is 17.5. The lowest BCUT2D eigenvalue weighted by molar-refractivity contribution is 0.174. The summed E-state index contributed by atoms with van der Waals surface area (Å²) in [4.78, 5) is 0. The van der Waals surface area contributed by atoms with Crippen molar-refractivity contribution in [3.63, 3.8) is 0 Å². The van der Waals surface area contributed by atoms with Crippen LogP contribution in [0.3, 0.4) is 0 Å². The molecular weight excluding hydrogens is 393 g/mol. The molecule has 0 bridgehead atoms. The summed E-state index contributed by atoms with van der Waals surface area (Å²) in [5.74, 6) is 1.02. The maximum absolute atomic E-state index is 5.19. The van der Waals surface area contributed by atoms with Gasteiger partial charge in [-0.05, 0) is 39.8 Å². The van der Waals surface area contributed by atoms with Crippen LogP contribution < -0.4 is 3.88 Å². The molecule has 156 valence electrons. The Kier molecular flexibility index (Phi) is 7.37. The number of benzene rings is 1. The normalized spacial score (nSPS) is 22.4. The molecule has 2 heterocycles. The maximum atomic E-state index is 5.19. The van der Waals surface area contributed by atoms with E-state index in [2.05, 4.69) is 85.8 Å². The Hall–Kier alpha value is -1.42. The minimum atomic E-state index is -1.26. The zero-order valence-electron chi connectivity index (χ0n) is 18.6. The average molecular weight is 428 g/mol. The van der Waals surface area contributed by atoms with Crippen LogP contribution in [0.2, 0.25) is 10.6 Å². The number of para-hydroxylation sites is 1. The molecule has 0 radical (unpaired) electrons. The first-order valence-electron chi connectivity index (χ1n) is 10.8. The quantitative estimate of drug-likeness (QED) is 0.459. The van der Waals surface area contributed by atoms with Crippen LogP contribution in [0, 0.1) is 0 Å². The molecule has 0 aliphatic carbocycles. The van der Waals surface area contributed by atoms with Crippen molar-refractivity contribution in [3.8, 4) is 0 Å². The van der Waals surface area contributed by atoms with Crippen molar-refractivity contribution in [2.75, 3.05) is 3.88 Å². The molecule has 5 nitrogen and oxygen atoms in total. The standard InChI is InChI=1S/C18H24N5S.2C2H5.Al/c1-12-10-14(3)22(20-12)18(23-15(4)11-13(2)21-23)17(24)19-16-8-6-5-7-9-16;2*1-2;/h5-9,14-15,24H,10-11H2,1-4H3;2*1H2,2H3;/q-1;;;+1/t14-,15?;;;/m0.../s1. The van der Waals surface area contributed by atoms with Crippen molar-refractivity contribution < 1.29 is 0 Å². The van der Waals surface area contributed by atoms with Gasteiger partial charge in [0.25, 0.3) is 0 Å². The Morgan fingerprint density at radius 1 is 1.00 bits per heavy atom. The molecule has 1 aromatic carbocycles. The smallest absolute Gasteiger partial charge is 0.419 e. The van der Waals surface area contributed by atoms with Crippen molar-refractivity contribution in [1.82, 2.24) is 10.0 Å². The van der Waals surface area contributed by atoms with Gasteiger partial charge in [-0.1, -0.05) is 42.6 Å². The van der Waals surface area contributed by atoms with Gasteiger partial charge in [-0.25, -0.2) is 10.0 Å². The molecule has 2 atom stereocenters. The monoisotopic (exact) mass is 427 g/mol. The predicted molar refractivity (Wildman–Crippen MR) is 130 cm³/mol. The van der Waals surface area contributed by atoms with E-state index in [0.29, 0.717) is 12.1 Å². The van der Waals surface area contributed by atoms with Gasteiger partial charge in [0.2, 0.25) is 0 Å². The van der Waals surface area contributed by atoms with Gasteiger partial charge in [0.15, 0.2) is 5.82 Å². The van der Waals surface area contributed by atoms with Crippen LogP contribution in [0.5, 0.6) is 0 Å². The fraction of sp³-hybridized carbons (Fsp3) is 0.545. The van der Waals surface area contributed by atoms with Crippen LogP contribution >= 0.6 is 12.6 Å². The molecule has 0 fully saturated rings. The molecule has 1 aromatic rings. The van der Waals surface area contributed by atoms with Crippen molar-refractivity contribution in [2.24, 2.45) is 10.2 Å². The lowest BCUT2D eigenvalue weighted by Gasteiger charge is -2.38. The SMILES string of the molecule is C[CH2][Al]([CH2]C)[N](C(S)=C(N1N=C(C)CC1C)N1N=C(C)C[C@@H]1C)c1ccccc1. The second-order valence-corrected chi connectivity index (χ2v) is 12.2. The van der Waals surface area contributed by atoms with E-state index in [0.717, 1.165) is 35.1 Å². The average Bonchev–Trinajstić information content (AvgIpc) is 3.20. The highest BCUT2D eigenvalue weighted by Gasteiger charge is 2.37. The molecular formula is C22H34AlN5S. The lowest BCUT2D eigenvalue weighted by atomic mass is 10.2. The first kappa shape index (κ1) is 22.3. The van der Waals surface area contributed by atoms with E-state index in [1.165, 1.54) is 16.3 Å². The van der Waals surface area contributed by atoms with Crippen LogP contribution in [0.15, 0.2) is 51.4 Å². The van der Waals surface area contributed by atoms with Gasteiger partial charge in [0, 0.05) is 30.0 Å². The van der Waals surface area contributed by atoms with E-state index in [-0.39, 0.29) is 0 Å². The zero-order valence-corrected chi connectivity index (χ0v) is 20.7.